The lowest BCUT2D eigenvalue weighted by atomic mass is 10.0. The van der Waals surface area contributed by atoms with E-state index in [0.29, 0.717) is 5.75 Å². The summed E-state index contributed by atoms with van der Waals surface area (Å²) in [5.41, 5.74) is 5.36. The quantitative estimate of drug-likeness (QED) is 0.438. The van der Waals surface area contributed by atoms with Crippen molar-refractivity contribution in [3.8, 4) is 5.75 Å². The average Bonchev–Trinajstić information content (AvgIpc) is 2.26. The Bertz CT molecular complexity index is 405. The van der Waals surface area contributed by atoms with E-state index in [1.54, 1.807) is 18.2 Å². The highest BCUT2D eigenvalue weighted by Crippen LogP contribution is 2.20. The van der Waals surface area contributed by atoms with E-state index in [2.05, 4.69) is 18.0 Å². The molecule has 0 radical (unpaired) electrons. The molecular formula is C12H17NO4S. The highest BCUT2D eigenvalue weighted by molar-refractivity contribution is 7.79. The van der Waals surface area contributed by atoms with Gasteiger partial charge >= 0.3 is 5.97 Å². The topological polar surface area (TPSA) is 92.8 Å². The summed E-state index contributed by atoms with van der Waals surface area (Å²) >= 11 is 3.87. The Hall–Kier alpha value is -1.66. The van der Waals surface area contributed by atoms with Gasteiger partial charge in [-0.05, 0) is 29.9 Å². The van der Waals surface area contributed by atoms with E-state index < -0.39 is 5.17 Å². The Morgan fingerprint density at radius 3 is 2.56 bits per heavy atom. The van der Waals surface area contributed by atoms with Gasteiger partial charge in [-0.15, -0.1) is 0 Å². The van der Waals surface area contributed by atoms with Crippen LogP contribution in [0.25, 0.3) is 0 Å². The summed E-state index contributed by atoms with van der Waals surface area (Å²) in [5, 5.41) is 16.0. The molecule has 0 heterocycles. The van der Waals surface area contributed by atoms with Crippen LogP contribution in [0.4, 0.5) is 0 Å². The molecule has 0 aromatic heterocycles. The zero-order valence-corrected chi connectivity index (χ0v) is 11.1. The fourth-order valence-electron chi connectivity index (χ4n) is 1.16. The fourth-order valence-corrected chi connectivity index (χ4v) is 1.16. The lowest BCUT2D eigenvalue weighted by Crippen LogP contribution is -2.03. The molecule has 1 aromatic rings. The Morgan fingerprint density at radius 2 is 2.11 bits per heavy atom. The number of esters is 1. The number of nitrogens with two attached hydrogens (primary N) is 1. The number of benzene rings is 1. The second kappa shape index (κ2) is 8.43. The van der Waals surface area contributed by atoms with Gasteiger partial charge < -0.3 is 20.7 Å². The molecule has 1 atom stereocenters. The smallest absolute Gasteiger partial charge is 0.308 e. The van der Waals surface area contributed by atoms with E-state index in [9.17, 15) is 4.79 Å². The molecule has 6 heteroatoms. The van der Waals surface area contributed by atoms with Crippen LogP contribution in [0.3, 0.4) is 0 Å². The standard InChI is InChI=1S/C11H14O3.CH3NOS/c1-8(7-12)10-4-3-5-11(6-10)14-9(2)13;2-1(3)4/h3-6,8,12H,7H2,1-2H3;(H3,2,3,4). The molecule has 0 aliphatic heterocycles. The van der Waals surface area contributed by atoms with Crippen molar-refractivity contribution in [2.45, 2.75) is 19.8 Å². The van der Waals surface area contributed by atoms with Crippen molar-refractivity contribution in [3.05, 3.63) is 29.8 Å². The molecule has 0 aliphatic carbocycles. The second-order valence-electron chi connectivity index (χ2n) is 3.59. The summed E-state index contributed by atoms with van der Waals surface area (Å²) in [6.07, 6.45) is 0. The molecule has 0 aliphatic rings. The lowest BCUT2D eigenvalue weighted by Gasteiger charge is -2.09. The number of hydrogen-bond donors (Lipinski definition) is 3. The van der Waals surface area contributed by atoms with Crippen molar-refractivity contribution in [1.82, 2.24) is 0 Å². The van der Waals surface area contributed by atoms with Crippen molar-refractivity contribution in [3.63, 3.8) is 0 Å². The minimum atomic E-state index is -0.500. The number of hydrogen-bond acceptors (Lipinski definition) is 4. The maximum atomic E-state index is 10.7. The highest BCUT2D eigenvalue weighted by Gasteiger charge is 2.05. The summed E-state index contributed by atoms with van der Waals surface area (Å²) in [5.74, 6) is 0.250. The SMILES string of the molecule is CC(=O)Oc1cccc(C(C)CO)c1.NC(O)=S. The molecule has 100 valence electrons. The molecule has 0 amide bonds. The predicted molar refractivity (Wildman–Crippen MR) is 72.7 cm³/mol. The fraction of sp³-hybridized carbons (Fsp3) is 0.333. The van der Waals surface area contributed by atoms with Gasteiger partial charge in [-0.2, -0.15) is 0 Å². The molecule has 0 spiro atoms. The molecular weight excluding hydrogens is 254 g/mol. The summed E-state index contributed by atoms with van der Waals surface area (Å²) < 4.78 is 4.93. The van der Waals surface area contributed by atoms with Gasteiger partial charge in [0.2, 0.25) is 0 Å². The zero-order chi connectivity index (χ0) is 14.1. The summed E-state index contributed by atoms with van der Waals surface area (Å²) in [4.78, 5) is 10.7. The van der Waals surface area contributed by atoms with E-state index in [4.69, 9.17) is 14.9 Å². The van der Waals surface area contributed by atoms with E-state index in [1.807, 2.05) is 13.0 Å². The van der Waals surface area contributed by atoms with Gasteiger partial charge in [-0.3, -0.25) is 4.79 Å². The summed E-state index contributed by atoms with van der Waals surface area (Å²) in [7, 11) is 0. The van der Waals surface area contributed by atoms with Crippen molar-refractivity contribution in [2.24, 2.45) is 5.73 Å². The van der Waals surface area contributed by atoms with E-state index >= 15 is 0 Å². The molecule has 5 nitrogen and oxygen atoms in total. The molecule has 1 rings (SSSR count). The zero-order valence-electron chi connectivity index (χ0n) is 10.3. The second-order valence-corrected chi connectivity index (χ2v) is 4.01. The number of thiocarbonyl (C=S) groups is 1. The third-order valence-electron chi connectivity index (χ3n) is 1.96. The van der Waals surface area contributed by atoms with E-state index in [1.165, 1.54) is 6.92 Å². The first-order chi connectivity index (χ1) is 8.36. The van der Waals surface area contributed by atoms with Crippen LogP contribution in [-0.4, -0.2) is 28.0 Å². The number of carbonyl (C=O) groups excluding carboxylic acids is 1. The summed E-state index contributed by atoms with van der Waals surface area (Å²) in [6.45, 7) is 3.36. The molecule has 4 N–H and O–H groups in total. The maximum Gasteiger partial charge on any atom is 0.308 e. The molecule has 0 fully saturated rings. The summed E-state index contributed by atoms with van der Waals surface area (Å²) in [6, 6.07) is 7.19. The molecule has 0 saturated heterocycles. The van der Waals surface area contributed by atoms with Gasteiger partial charge in [-0.25, -0.2) is 0 Å². The molecule has 0 saturated carbocycles. The van der Waals surface area contributed by atoms with Gasteiger partial charge in [-0.1, -0.05) is 19.1 Å². The van der Waals surface area contributed by atoms with Gasteiger partial charge in [0, 0.05) is 19.4 Å². The third-order valence-corrected chi connectivity index (χ3v) is 1.96. The van der Waals surface area contributed by atoms with Gasteiger partial charge in [0.05, 0.1) is 0 Å². The largest absolute Gasteiger partial charge is 0.487 e. The van der Waals surface area contributed by atoms with Crippen molar-refractivity contribution in [2.75, 3.05) is 6.61 Å². The normalized spacial score (nSPS) is 10.8. The number of ether oxygens (including phenoxy) is 1. The first-order valence-electron chi connectivity index (χ1n) is 5.24. The molecule has 1 unspecified atom stereocenters. The van der Waals surface area contributed by atoms with Crippen LogP contribution in [0.15, 0.2) is 24.3 Å². The number of rotatable bonds is 3. The van der Waals surface area contributed by atoms with E-state index in [0.717, 1.165) is 5.56 Å². The van der Waals surface area contributed by atoms with Crippen LogP contribution >= 0.6 is 12.2 Å². The van der Waals surface area contributed by atoms with Crippen LogP contribution < -0.4 is 10.5 Å². The Kier molecular flexibility index (Phi) is 7.66. The Balaban J connectivity index is 0.000000631. The Morgan fingerprint density at radius 1 is 1.56 bits per heavy atom. The number of aliphatic hydroxyl groups excluding tert-OH is 2. The predicted octanol–water partition coefficient (Wildman–Crippen LogP) is 1.50. The van der Waals surface area contributed by atoms with Gasteiger partial charge in [0.25, 0.3) is 5.17 Å². The lowest BCUT2D eigenvalue weighted by molar-refractivity contribution is -0.131. The van der Waals surface area contributed by atoms with Crippen molar-refractivity contribution >= 4 is 23.4 Å². The minimum absolute atomic E-state index is 0.0607. The van der Waals surface area contributed by atoms with Crippen LogP contribution in [0.2, 0.25) is 0 Å². The number of carbonyl (C=O) groups is 1. The average molecular weight is 271 g/mol. The molecule has 18 heavy (non-hydrogen) atoms. The van der Waals surface area contributed by atoms with Crippen LogP contribution in [0, 0.1) is 0 Å². The molecule has 0 bridgehead atoms. The van der Waals surface area contributed by atoms with Crippen LogP contribution in [0.1, 0.15) is 25.3 Å². The highest BCUT2D eigenvalue weighted by atomic mass is 32.1. The van der Waals surface area contributed by atoms with Crippen LogP contribution in [-0.2, 0) is 4.79 Å². The molecule has 1 aromatic carbocycles. The number of aliphatic hydroxyl groups is 2. The van der Waals surface area contributed by atoms with Crippen LogP contribution in [0.5, 0.6) is 5.75 Å². The van der Waals surface area contributed by atoms with Crippen molar-refractivity contribution < 1.29 is 19.7 Å². The van der Waals surface area contributed by atoms with Gasteiger partial charge in [0.15, 0.2) is 0 Å². The first-order valence-corrected chi connectivity index (χ1v) is 5.65. The van der Waals surface area contributed by atoms with Gasteiger partial charge in [0.1, 0.15) is 5.75 Å². The van der Waals surface area contributed by atoms with Crippen molar-refractivity contribution in [1.29, 1.82) is 0 Å². The van der Waals surface area contributed by atoms with E-state index in [-0.39, 0.29) is 18.5 Å². The first kappa shape index (κ1) is 16.3. The minimum Gasteiger partial charge on any atom is -0.487 e. The Labute approximate surface area is 111 Å². The maximum absolute atomic E-state index is 10.7. The monoisotopic (exact) mass is 271 g/mol. The third kappa shape index (κ3) is 7.59.